The van der Waals surface area contributed by atoms with Gasteiger partial charge in [0.2, 0.25) is 0 Å². The Morgan fingerprint density at radius 3 is 2.38 bits per heavy atom. The predicted octanol–water partition coefficient (Wildman–Crippen LogP) is 5.36. The Labute approximate surface area is 157 Å². The van der Waals surface area contributed by atoms with E-state index in [-0.39, 0.29) is 0 Å². The van der Waals surface area contributed by atoms with Crippen molar-refractivity contribution in [1.29, 1.82) is 0 Å². The lowest BCUT2D eigenvalue weighted by Gasteiger charge is -2.08. The molecule has 1 N–H and O–H groups in total. The van der Waals surface area contributed by atoms with Gasteiger partial charge in [0.1, 0.15) is 5.75 Å². The van der Waals surface area contributed by atoms with Crippen LogP contribution in [-0.2, 0) is 5.75 Å². The second kappa shape index (κ2) is 9.11. The van der Waals surface area contributed by atoms with Gasteiger partial charge in [-0.1, -0.05) is 54.6 Å². The lowest BCUT2D eigenvalue weighted by Crippen LogP contribution is -2.00. The lowest BCUT2D eigenvalue weighted by molar-refractivity contribution is 0.0697. The van der Waals surface area contributed by atoms with Crippen molar-refractivity contribution in [3.8, 4) is 16.9 Å². The van der Waals surface area contributed by atoms with Gasteiger partial charge in [0.15, 0.2) is 0 Å². The van der Waals surface area contributed by atoms with Crippen molar-refractivity contribution in [2.24, 2.45) is 0 Å². The van der Waals surface area contributed by atoms with Crippen LogP contribution in [0.1, 0.15) is 15.9 Å². The first-order chi connectivity index (χ1) is 12.7. The molecule has 3 nitrogen and oxygen atoms in total. The van der Waals surface area contributed by atoms with Crippen LogP contribution in [0.15, 0.2) is 78.9 Å². The molecule has 132 valence electrons. The van der Waals surface area contributed by atoms with E-state index in [1.54, 1.807) is 12.1 Å². The molecule has 3 aromatic rings. The molecule has 0 saturated heterocycles. The number of para-hydroxylation sites is 1. The first-order valence-electron chi connectivity index (χ1n) is 8.40. The lowest BCUT2D eigenvalue weighted by atomic mass is 10.0. The molecule has 0 aliphatic carbocycles. The van der Waals surface area contributed by atoms with Gasteiger partial charge in [0.25, 0.3) is 0 Å². The fourth-order valence-electron chi connectivity index (χ4n) is 2.57. The number of hydrogen-bond acceptors (Lipinski definition) is 3. The maximum Gasteiger partial charge on any atom is 0.335 e. The minimum atomic E-state index is -0.903. The third kappa shape index (κ3) is 5.14. The van der Waals surface area contributed by atoms with E-state index in [2.05, 4.69) is 12.1 Å². The van der Waals surface area contributed by atoms with Crippen LogP contribution in [0.3, 0.4) is 0 Å². The van der Waals surface area contributed by atoms with Crippen molar-refractivity contribution in [2.45, 2.75) is 5.75 Å². The molecule has 3 aromatic carbocycles. The van der Waals surface area contributed by atoms with Gasteiger partial charge >= 0.3 is 5.97 Å². The molecule has 0 aliphatic heterocycles. The number of rotatable bonds is 8. The van der Waals surface area contributed by atoms with Gasteiger partial charge in [-0.05, 0) is 41.0 Å². The second-order valence-corrected chi connectivity index (χ2v) is 6.90. The molecule has 0 radical (unpaired) electrons. The van der Waals surface area contributed by atoms with Gasteiger partial charge in [-0.3, -0.25) is 0 Å². The zero-order chi connectivity index (χ0) is 18.2. The molecule has 0 amide bonds. The van der Waals surface area contributed by atoms with Crippen molar-refractivity contribution in [3.63, 3.8) is 0 Å². The van der Waals surface area contributed by atoms with Gasteiger partial charge in [-0.15, -0.1) is 0 Å². The molecule has 0 atom stereocenters. The van der Waals surface area contributed by atoms with Gasteiger partial charge < -0.3 is 9.84 Å². The predicted molar refractivity (Wildman–Crippen MR) is 107 cm³/mol. The van der Waals surface area contributed by atoms with Gasteiger partial charge in [0, 0.05) is 11.5 Å². The van der Waals surface area contributed by atoms with E-state index in [4.69, 9.17) is 9.84 Å². The topological polar surface area (TPSA) is 46.5 Å². The summed E-state index contributed by atoms with van der Waals surface area (Å²) in [5.41, 5.74) is 3.67. The van der Waals surface area contributed by atoms with Crippen LogP contribution in [0.2, 0.25) is 0 Å². The maximum atomic E-state index is 11.0. The number of carboxylic acid groups (broad SMARTS) is 1. The summed E-state index contributed by atoms with van der Waals surface area (Å²) in [6.45, 7) is 0.686. The number of carboxylic acids is 1. The van der Waals surface area contributed by atoms with Crippen LogP contribution < -0.4 is 4.74 Å². The summed E-state index contributed by atoms with van der Waals surface area (Å²) in [6.07, 6.45) is 0. The first kappa shape index (κ1) is 18.1. The Morgan fingerprint density at radius 1 is 0.885 bits per heavy atom. The molecule has 0 spiro atoms. The number of aromatic carboxylic acids is 1. The summed E-state index contributed by atoms with van der Waals surface area (Å²) in [7, 11) is 0. The van der Waals surface area contributed by atoms with E-state index >= 15 is 0 Å². The molecule has 26 heavy (non-hydrogen) atoms. The van der Waals surface area contributed by atoms with E-state index in [1.807, 2.05) is 66.4 Å². The summed E-state index contributed by atoms with van der Waals surface area (Å²) < 4.78 is 5.70. The SMILES string of the molecule is O=C(O)c1ccc(-c2cccc(CSCCOc3ccccc3)c2)cc1. The number of benzene rings is 3. The highest BCUT2D eigenvalue weighted by molar-refractivity contribution is 7.98. The normalized spacial score (nSPS) is 10.5. The highest BCUT2D eigenvalue weighted by Gasteiger charge is 2.04. The van der Waals surface area contributed by atoms with E-state index in [9.17, 15) is 4.79 Å². The van der Waals surface area contributed by atoms with Crippen LogP contribution in [-0.4, -0.2) is 23.4 Å². The molecule has 4 heteroatoms. The average Bonchev–Trinajstić information content (AvgIpc) is 2.69. The zero-order valence-electron chi connectivity index (χ0n) is 14.3. The van der Waals surface area contributed by atoms with Gasteiger partial charge in [-0.25, -0.2) is 4.79 Å². The third-order valence-electron chi connectivity index (χ3n) is 3.90. The summed E-state index contributed by atoms with van der Waals surface area (Å²) in [6, 6.07) is 25.2. The molecular weight excluding hydrogens is 344 g/mol. The quantitative estimate of drug-likeness (QED) is 0.546. The minimum Gasteiger partial charge on any atom is -0.493 e. The average molecular weight is 364 g/mol. The van der Waals surface area contributed by atoms with Gasteiger partial charge in [-0.2, -0.15) is 11.8 Å². The van der Waals surface area contributed by atoms with E-state index in [0.717, 1.165) is 28.4 Å². The van der Waals surface area contributed by atoms with E-state index in [1.165, 1.54) is 5.56 Å². The molecule has 3 rings (SSSR count). The second-order valence-electron chi connectivity index (χ2n) is 5.80. The number of hydrogen-bond donors (Lipinski definition) is 1. The molecule has 0 fully saturated rings. The largest absolute Gasteiger partial charge is 0.493 e. The van der Waals surface area contributed by atoms with Crippen LogP contribution in [0.4, 0.5) is 0 Å². The fraction of sp³-hybridized carbons (Fsp3) is 0.136. The van der Waals surface area contributed by atoms with Crippen molar-refractivity contribution in [2.75, 3.05) is 12.4 Å². The molecule has 0 saturated carbocycles. The Balaban J connectivity index is 1.51. The van der Waals surface area contributed by atoms with Crippen molar-refractivity contribution in [1.82, 2.24) is 0 Å². The molecule has 0 aliphatic rings. The molecule has 0 bridgehead atoms. The van der Waals surface area contributed by atoms with E-state index in [0.29, 0.717) is 12.2 Å². The fourth-order valence-corrected chi connectivity index (χ4v) is 3.33. The van der Waals surface area contributed by atoms with Crippen molar-refractivity contribution < 1.29 is 14.6 Å². The standard InChI is InChI=1S/C22H20O3S/c23-22(24)19-11-9-18(10-12-19)20-6-4-5-17(15-20)16-26-14-13-25-21-7-2-1-3-8-21/h1-12,15H,13-14,16H2,(H,23,24). The number of thioether (sulfide) groups is 1. The summed E-state index contributed by atoms with van der Waals surface area (Å²) in [4.78, 5) is 11.0. The minimum absolute atomic E-state index is 0.305. The van der Waals surface area contributed by atoms with Gasteiger partial charge in [0.05, 0.1) is 12.2 Å². The Kier molecular flexibility index (Phi) is 6.34. The Hall–Kier alpha value is -2.72. The molecule has 0 aromatic heterocycles. The van der Waals surface area contributed by atoms with Crippen LogP contribution in [0.5, 0.6) is 5.75 Å². The smallest absolute Gasteiger partial charge is 0.335 e. The summed E-state index contributed by atoms with van der Waals surface area (Å²) >= 11 is 1.83. The third-order valence-corrected chi connectivity index (χ3v) is 4.89. The monoisotopic (exact) mass is 364 g/mol. The van der Waals surface area contributed by atoms with E-state index < -0.39 is 5.97 Å². The zero-order valence-corrected chi connectivity index (χ0v) is 15.1. The van der Waals surface area contributed by atoms with Crippen LogP contribution >= 0.6 is 11.8 Å². The number of carbonyl (C=O) groups is 1. The highest BCUT2D eigenvalue weighted by atomic mass is 32.2. The summed E-state index contributed by atoms with van der Waals surface area (Å²) in [5, 5.41) is 8.99. The summed E-state index contributed by atoms with van der Waals surface area (Å²) in [5.74, 6) is 1.84. The Bertz CT molecular complexity index is 845. The van der Waals surface area contributed by atoms with Crippen LogP contribution in [0, 0.1) is 0 Å². The molecular formula is C22H20O3S. The first-order valence-corrected chi connectivity index (χ1v) is 9.56. The Morgan fingerprint density at radius 2 is 1.65 bits per heavy atom. The van der Waals surface area contributed by atoms with Crippen molar-refractivity contribution in [3.05, 3.63) is 90.0 Å². The number of ether oxygens (including phenoxy) is 1. The maximum absolute atomic E-state index is 11.0. The molecule has 0 unspecified atom stereocenters. The van der Waals surface area contributed by atoms with Crippen molar-refractivity contribution >= 4 is 17.7 Å². The van der Waals surface area contributed by atoms with Crippen LogP contribution in [0.25, 0.3) is 11.1 Å². The molecule has 0 heterocycles. The highest BCUT2D eigenvalue weighted by Crippen LogP contribution is 2.23.